The second-order valence-corrected chi connectivity index (χ2v) is 3.19. The van der Waals surface area contributed by atoms with Gasteiger partial charge in [-0.3, -0.25) is 0 Å². The zero-order valence-electron chi connectivity index (χ0n) is 6.80. The maximum Gasteiger partial charge on any atom is 0.328 e. The number of carboxylic acid groups (broad SMARTS) is 1. The molecule has 74 valence electrons. The van der Waals surface area contributed by atoms with Crippen LogP contribution in [0, 0.1) is 5.82 Å². The summed E-state index contributed by atoms with van der Waals surface area (Å²) in [5, 5.41) is 8.15. The fraction of sp³-hybridized carbons (Fsp3) is 0. The average molecular weight is 235 g/mol. The Labute approximate surface area is 89.6 Å². The van der Waals surface area contributed by atoms with Crippen LogP contribution < -0.4 is 0 Å². The number of hydrogen-bond acceptors (Lipinski definition) is 1. The molecule has 0 saturated carbocycles. The summed E-state index contributed by atoms with van der Waals surface area (Å²) in [5.74, 6) is -1.74. The van der Waals surface area contributed by atoms with Gasteiger partial charge in [0.15, 0.2) is 0 Å². The molecule has 1 aromatic rings. The van der Waals surface area contributed by atoms with Gasteiger partial charge in [0.1, 0.15) is 5.82 Å². The number of hydrogen-bond donors (Lipinski definition) is 1. The van der Waals surface area contributed by atoms with Crippen LogP contribution in [-0.2, 0) is 4.79 Å². The molecule has 0 aliphatic heterocycles. The van der Waals surface area contributed by atoms with Crippen LogP contribution >= 0.6 is 23.2 Å². The number of carboxylic acids is 1. The van der Waals surface area contributed by atoms with Crippen molar-refractivity contribution in [3.8, 4) is 0 Å². The van der Waals surface area contributed by atoms with Crippen LogP contribution in [0.4, 0.5) is 4.39 Å². The molecule has 0 atom stereocenters. The Morgan fingerprint density at radius 2 is 2.00 bits per heavy atom. The Balaban J connectivity index is 3.12. The highest BCUT2D eigenvalue weighted by atomic mass is 35.5. The fourth-order valence-electron chi connectivity index (χ4n) is 0.831. The maximum absolute atomic E-state index is 12.8. The minimum absolute atomic E-state index is 0.00386. The quantitative estimate of drug-likeness (QED) is 0.631. The van der Waals surface area contributed by atoms with E-state index >= 15 is 0 Å². The van der Waals surface area contributed by atoms with Crippen molar-refractivity contribution in [3.63, 3.8) is 0 Å². The predicted octanol–water partition coefficient (Wildman–Crippen LogP) is 3.23. The van der Waals surface area contributed by atoms with Crippen LogP contribution in [0.3, 0.4) is 0 Å². The van der Waals surface area contributed by atoms with Crippen LogP contribution in [0.25, 0.3) is 6.08 Å². The highest BCUT2D eigenvalue weighted by Crippen LogP contribution is 2.29. The topological polar surface area (TPSA) is 37.3 Å². The third-order valence-corrected chi connectivity index (χ3v) is 2.34. The summed E-state index contributed by atoms with van der Waals surface area (Å²) in [4.78, 5) is 10.2. The molecule has 0 spiro atoms. The van der Waals surface area contributed by atoms with Crippen LogP contribution in [0.15, 0.2) is 18.2 Å². The standard InChI is InChI=1S/C9H5Cl2FO2/c10-8-5(2-4-7(13)14)1-3-6(12)9(8)11/h1-4H,(H,13,14)/b4-2+. The predicted molar refractivity (Wildman–Crippen MR) is 53.1 cm³/mol. The summed E-state index contributed by atoms with van der Waals surface area (Å²) in [6, 6.07) is 2.47. The normalized spacial score (nSPS) is 10.8. The molecule has 0 aliphatic rings. The van der Waals surface area contributed by atoms with Crippen LogP contribution in [-0.4, -0.2) is 11.1 Å². The number of halogens is 3. The first kappa shape index (κ1) is 11.0. The maximum atomic E-state index is 12.8. The molecule has 0 heterocycles. The van der Waals surface area contributed by atoms with Crippen molar-refractivity contribution in [2.75, 3.05) is 0 Å². The minimum atomic E-state index is -1.11. The van der Waals surface area contributed by atoms with Crippen LogP contribution in [0.1, 0.15) is 5.56 Å². The zero-order chi connectivity index (χ0) is 10.7. The lowest BCUT2D eigenvalue weighted by Crippen LogP contribution is -1.87. The molecule has 1 rings (SSSR count). The van der Waals surface area contributed by atoms with Gasteiger partial charge < -0.3 is 5.11 Å². The van der Waals surface area contributed by atoms with Gasteiger partial charge in [0.25, 0.3) is 0 Å². The average Bonchev–Trinajstić information content (AvgIpc) is 2.13. The Kier molecular flexibility index (Phi) is 3.49. The summed E-state index contributed by atoms with van der Waals surface area (Å²) >= 11 is 11.2. The lowest BCUT2D eigenvalue weighted by molar-refractivity contribution is -0.131. The van der Waals surface area contributed by atoms with Crippen LogP contribution in [0.5, 0.6) is 0 Å². The Bertz CT molecular complexity index is 402. The van der Waals surface area contributed by atoms with Gasteiger partial charge in [0.05, 0.1) is 10.0 Å². The van der Waals surface area contributed by atoms with E-state index in [9.17, 15) is 9.18 Å². The van der Waals surface area contributed by atoms with E-state index < -0.39 is 11.8 Å². The van der Waals surface area contributed by atoms with Crippen molar-refractivity contribution in [1.82, 2.24) is 0 Å². The van der Waals surface area contributed by atoms with Crippen molar-refractivity contribution >= 4 is 35.2 Å². The van der Waals surface area contributed by atoms with Crippen molar-refractivity contribution in [1.29, 1.82) is 0 Å². The van der Waals surface area contributed by atoms with Crippen molar-refractivity contribution < 1.29 is 14.3 Å². The fourth-order valence-corrected chi connectivity index (χ4v) is 1.22. The number of rotatable bonds is 2. The first-order valence-corrected chi connectivity index (χ1v) is 4.32. The lowest BCUT2D eigenvalue weighted by Gasteiger charge is -2.00. The van der Waals surface area contributed by atoms with E-state index in [1.807, 2.05) is 0 Å². The van der Waals surface area contributed by atoms with E-state index in [-0.39, 0.29) is 10.0 Å². The van der Waals surface area contributed by atoms with Gasteiger partial charge in [-0.15, -0.1) is 0 Å². The molecule has 0 saturated heterocycles. The Morgan fingerprint density at radius 1 is 1.36 bits per heavy atom. The van der Waals surface area contributed by atoms with Crippen molar-refractivity contribution in [2.24, 2.45) is 0 Å². The number of carbonyl (C=O) groups is 1. The summed E-state index contributed by atoms with van der Waals surface area (Å²) in [6.07, 6.45) is 2.14. The van der Waals surface area contributed by atoms with E-state index in [0.717, 1.165) is 12.1 Å². The highest BCUT2D eigenvalue weighted by Gasteiger charge is 2.07. The SMILES string of the molecule is O=C(O)/C=C/c1ccc(F)c(Cl)c1Cl. The van der Waals surface area contributed by atoms with Gasteiger partial charge >= 0.3 is 5.97 Å². The van der Waals surface area contributed by atoms with E-state index in [2.05, 4.69) is 0 Å². The second-order valence-electron chi connectivity index (χ2n) is 2.44. The molecule has 0 bridgehead atoms. The highest BCUT2D eigenvalue weighted by molar-refractivity contribution is 6.43. The molecule has 0 aromatic heterocycles. The van der Waals surface area contributed by atoms with E-state index in [1.165, 1.54) is 12.1 Å². The Hall–Kier alpha value is -1.06. The summed E-state index contributed by atoms with van der Waals surface area (Å²) < 4.78 is 12.8. The van der Waals surface area contributed by atoms with Crippen molar-refractivity contribution in [2.45, 2.75) is 0 Å². The van der Waals surface area contributed by atoms with E-state index in [0.29, 0.717) is 5.56 Å². The molecule has 0 amide bonds. The van der Waals surface area contributed by atoms with Gasteiger partial charge in [0.2, 0.25) is 0 Å². The van der Waals surface area contributed by atoms with Gasteiger partial charge in [0, 0.05) is 6.08 Å². The smallest absolute Gasteiger partial charge is 0.328 e. The monoisotopic (exact) mass is 234 g/mol. The minimum Gasteiger partial charge on any atom is -0.478 e. The van der Waals surface area contributed by atoms with E-state index in [4.69, 9.17) is 28.3 Å². The van der Waals surface area contributed by atoms with Crippen molar-refractivity contribution in [3.05, 3.63) is 39.6 Å². The third-order valence-electron chi connectivity index (χ3n) is 1.47. The molecule has 14 heavy (non-hydrogen) atoms. The Morgan fingerprint density at radius 3 is 2.57 bits per heavy atom. The van der Waals surface area contributed by atoms with Gasteiger partial charge in [-0.1, -0.05) is 29.3 Å². The first-order valence-electron chi connectivity index (χ1n) is 3.57. The van der Waals surface area contributed by atoms with Crippen LogP contribution in [0.2, 0.25) is 10.0 Å². The molecule has 0 aliphatic carbocycles. The molecule has 1 aromatic carbocycles. The lowest BCUT2D eigenvalue weighted by atomic mass is 10.2. The molecule has 0 unspecified atom stereocenters. The molecule has 1 N–H and O–H groups in total. The third kappa shape index (κ3) is 2.47. The van der Waals surface area contributed by atoms with E-state index in [1.54, 1.807) is 0 Å². The number of benzene rings is 1. The summed E-state index contributed by atoms with van der Waals surface area (Å²) in [6.45, 7) is 0. The summed E-state index contributed by atoms with van der Waals surface area (Å²) in [5.41, 5.74) is 0.362. The van der Waals surface area contributed by atoms with Gasteiger partial charge in [-0.25, -0.2) is 9.18 Å². The molecule has 0 radical (unpaired) electrons. The number of aliphatic carboxylic acids is 1. The molecule has 0 fully saturated rings. The molecule has 2 nitrogen and oxygen atoms in total. The molecule has 5 heteroatoms. The molecular weight excluding hydrogens is 230 g/mol. The van der Waals surface area contributed by atoms with Gasteiger partial charge in [-0.05, 0) is 17.7 Å². The zero-order valence-corrected chi connectivity index (χ0v) is 8.31. The molecular formula is C9H5Cl2FO2. The second kappa shape index (κ2) is 4.44. The van der Waals surface area contributed by atoms with Gasteiger partial charge in [-0.2, -0.15) is 0 Å². The summed E-state index contributed by atoms with van der Waals surface area (Å²) in [7, 11) is 0. The first-order chi connectivity index (χ1) is 6.52. The largest absolute Gasteiger partial charge is 0.478 e.